The highest BCUT2D eigenvalue weighted by Crippen LogP contribution is 2.20. The van der Waals surface area contributed by atoms with Crippen LogP contribution in [0, 0.1) is 6.92 Å². The predicted molar refractivity (Wildman–Crippen MR) is 89.9 cm³/mol. The highest BCUT2D eigenvalue weighted by molar-refractivity contribution is 5.41. The van der Waals surface area contributed by atoms with E-state index in [0.29, 0.717) is 0 Å². The van der Waals surface area contributed by atoms with Crippen LogP contribution in [-0.2, 0) is 6.54 Å². The third-order valence-electron chi connectivity index (χ3n) is 4.08. The maximum absolute atomic E-state index is 4.81. The van der Waals surface area contributed by atoms with Gasteiger partial charge in [0.25, 0.3) is 0 Å². The Morgan fingerprint density at radius 3 is 2.57 bits per heavy atom. The second-order valence-corrected chi connectivity index (χ2v) is 6.31. The Kier molecular flexibility index (Phi) is 6.00. The van der Waals surface area contributed by atoms with Crippen LogP contribution in [0.2, 0.25) is 0 Å². The molecule has 0 saturated heterocycles. The molecule has 0 unspecified atom stereocenters. The van der Waals surface area contributed by atoms with E-state index in [0.717, 1.165) is 43.7 Å². The van der Waals surface area contributed by atoms with Gasteiger partial charge < -0.3 is 15.1 Å². The van der Waals surface area contributed by atoms with Crippen LogP contribution in [0.5, 0.6) is 0 Å². The molecule has 2 rings (SSSR count). The lowest BCUT2D eigenvalue weighted by Crippen LogP contribution is -2.28. The summed E-state index contributed by atoms with van der Waals surface area (Å²) < 4.78 is 0. The number of nitrogens with zero attached hydrogens (tertiary/aromatic N) is 3. The monoisotopic (exact) mass is 290 g/mol. The van der Waals surface area contributed by atoms with Gasteiger partial charge in [0.15, 0.2) is 0 Å². The molecule has 0 amide bonds. The fourth-order valence-electron chi connectivity index (χ4n) is 2.49. The number of aromatic nitrogens is 1. The first-order chi connectivity index (χ1) is 10.1. The molecule has 1 aliphatic rings. The van der Waals surface area contributed by atoms with E-state index in [4.69, 9.17) is 4.98 Å². The summed E-state index contributed by atoms with van der Waals surface area (Å²) in [5, 5.41) is 3.56. The van der Waals surface area contributed by atoms with Crippen LogP contribution >= 0.6 is 0 Å². The van der Waals surface area contributed by atoms with Gasteiger partial charge in [-0.25, -0.2) is 4.98 Å². The molecule has 21 heavy (non-hydrogen) atoms. The molecule has 1 saturated carbocycles. The number of anilines is 1. The van der Waals surface area contributed by atoms with Gasteiger partial charge in [0.1, 0.15) is 5.82 Å². The first kappa shape index (κ1) is 16.2. The van der Waals surface area contributed by atoms with Gasteiger partial charge in [-0.2, -0.15) is 0 Å². The van der Waals surface area contributed by atoms with Gasteiger partial charge in [0, 0.05) is 31.4 Å². The second-order valence-electron chi connectivity index (χ2n) is 6.31. The summed E-state index contributed by atoms with van der Waals surface area (Å²) in [6, 6.07) is 5.17. The van der Waals surface area contributed by atoms with E-state index in [9.17, 15) is 0 Å². The maximum atomic E-state index is 4.81. The molecular weight excluding hydrogens is 260 g/mol. The summed E-state index contributed by atoms with van der Waals surface area (Å²) in [7, 11) is 4.25. The van der Waals surface area contributed by atoms with Crippen molar-refractivity contribution in [1.82, 2.24) is 15.2 Å². The van der Waals surface area contributed by atoms with Crippen LogP contribution in [0.25, 0.3) is 0 Å². The van der Waals surface area contributed by atoms with Crippen molar-refractivity contribution in [3.8, 4) is 0 Å². The Labute approximate surface area is 129 Å². The number of pyridine rings is 1. The number of rotatable bonds is 9. The third-order valence-corrected chi connectivity index (χ3v) is 4.08. The Bertz CT molecular complexity index is 440. The molecule has 0 aliphatic heterocycles. The Morgan fingerprint density at radius 1 is 1.24 bits per heavy atom. The highest BCUT2D eigenvalue weighted by Gasteiger charge is 2.20. The molecule has 118 valence electrons. The van der Waals surface area contributed by atoms with Gasteiger partial charge in [-0.05, 0) is 65.4 Å². The molecule has 4 heteroatoms. The fraction of sp³-hybridized carbons (Fsp3) is 0.706. The van der Waals surface area contributed by atoms with Gasteiger partial charge in [0.05, 0.1) is 0 Å². The Hall–Kier alpha value is -1.13. The van der Waals surface area contributed by atoms with Crippen LogP contribution in [-0.4, -0.2) is 49.7 Å². The SMILES string of the molecule is CCN(CCCN(C)C)c1ccc(CNC2CC2)c(C)n1. The van der Waals surface area contributed by atoms with Gasteiger partial charge in [-0.1, -0.05) is 6.07 Å². The van der Waals surface area contributed by atoms with Crippen molar-refractivity contribution in [2.24, 2.45) is 0 Å². The number of aryl methyl sites for hydroxylation is 1. The van der Waals surface area contributed by atoms with E-state index in [2.05, 4.69) is 55.2 Å². The summed E-state index contributed by atoms with van der Waals surface area (Å²) in [6.45, 7) is 8.49. The molecule has 1 heterocycles. The van der Waals surface area contributed by atoms with Crippen LogP contribution in [0.4, 0.5) is 5.82 Å². The molecule has 0 spiro atoms. The average molecular weight is 290 g/mol. The minimum atomic E-state index is 0.752. The minimum absolute atomic E-state index is 0.752. The van der Waals surface area contributed by atoms with Gasteiger partial charge in [-0.3, -0.25) is 0 Å². The Morgan fingerprint density at radius 2 is 2.00 bits per heavy atom. The first-order valence-corrected chi connectivity index (χ1v) is 8.19. The van der Waals surface area contributed by atoms with E-state index >= 15 is 0 Å². The molecule has 1 N–H and O–H groups in total. The molecular formula is C17H30N4. The summed E-state index contributed by atoms with van der Waals surface area (Å²) >= 11 is 0. The lowest BCUT2D eigenvalue weighted by atomic mass is 10.2. The van der Waals surface area contributed by atoms with Crippen molar-refractivity contribution >= 4 is 5.82 Å². The third kappa shape index (κ3) is 5.29. The molecule has 0 aromatic carbocycles. The van der Waals surface area contributed by atoms with Crippen molar-refractivity contribution in [3.05, 3.63) is 23.4 Å². The molecule has 1 fully saturated rings. The Balaban J connectivity index is 1.92. The zero-order valence-electron chi connectivity index (χ0n) is 14.0. The summed E-state index contributed by atoms with van der Waals surface area (Å²) in [5.41, 5.74) is 2.49. The van der Waals surface area contributed by atoms with Gasteiger partial charge >= 0.3 is 0 Å². The lowest BCUT2D eigenvalue weighted by Gasteiger charge is -2.23. The highest BCUT2D eigenvalue weighted by atomic mass is 15.2. The standard InChI is InChI=1S/C17H30N4/c1-5-21(12-6-11-20(3)4)17-10-7-15(14(2)19-17)13-18-16-8-9-16/h7,10,16,18H,5-6,8-9,11-13H2,1-4H3. The van der Waals surface area contributed by atoms with Crippen molar-refractivity contribution in [2.45, 2.75) is 45.7 Å². The molecule has 4 nitrogen and oxygen atoms in total. The summed E-state index contributed by atoms with van der Waals surface area (Å²) in [6.07, 6.45) is 3.84. The number of hydrogen-bond donors (Lipinski definition) is 1. The molecule has 1 aromatic rings. The summed E-state index contributed by atoms with van der Waals surface area (Å²) in [5.74, 6) is 1.11. The molecule has 1 aromatic heterocycles. The van der Waals surface area contributed by atoms with E-state index in [1.807, 2.05) is 0 Å². The predicted octanol–water partition coefficient (Wildman–Crippen LogP) is 2.42. The van der Waals surface area contributed by atoms with Crippen molar-refractivity contribution in [3.63, 3.8) is 0 Å². The van der Waals surface area contributed by atoms with E-state index in [1.165, 1.54) is 24.8 Å². The molecule has 1 aliphatic carbocycles. The fourth-order valence-corrected chi connectivity index (χ4v) is 2.49. The smallest absolute Gasteiger partial charge is 0.128 e. The summed E-state index contributed by atoms with van der Waals surface area (Å²) in [4.78, 5) is 9.42. The van der Waals surface area contributed by atoms with Crippen molar-refractivity contribution in [1.29, 1.82) is 0 Å². The van der Waals surface area contributed by atoms with Crippen molar-refractivity contribution < 1.29 is 0 Å². The quantitative estimate of drug-likeness (QED) is 0.757. The van der Waals surface area contributed by atoms with E-state index in [1.54, 1.807) is 0 Å². The lowest BCUT2D eigenvalue weighted by molar-refractivity contribution is 0.400. The van der Waals surface area contributed by atoms with E-state index < -0.39 is 0 Å². The molecule has 0 radical (unpaired) electrons. The van der Waals surface area contributed by atoms with Crippen molar-refractivity contribution in [2.75, 3.05) is 38.6 Å². The topological polar surface area (TPSA) is 31.4 Å². The zero-order chi connectivity index (χ0) is 15.2. The number of nitrogens with one attached hydrogen (secondary N) is 1. The van der Waals surface area contributed by atoms with Crippen LogP contribution in [0.1, 0.15) is 37.4 Å². The average Bonchev–Trinajstić information content (AvgIpc) is 3.26. The largest absolute Gasteiger partial charge is 0.357 e. The molecule has 0 atom stereocenters. The van der Waals surface area contributed by atoms with Crippen LogP contribution < -0.4 is 10.2 Å². The minimum Gasteiger partial charge on any atom is -0.357 e. The van der Waals surface area contributed by atoms with Gasteiger partial charge in [0.2, 0.25) is 0 Å². The maximum Gasteiger partial charge on any atom is 0.128 e. The van der Waals surface area contributed by atoms with Crippen LogP contribution in [0.15, 0.2) is 12.1 Å². The first-order valence-electron chi connectivity index (χ1n) is 8.19. The normalized spacial score (nSPS) is 14.7. The second kappa shape index (κ2) is 7.76. The zero-order valence-corrected chi connectivity index (χ0v) is 14.0. The van der Waals surface area contributed by atoms with Crippen LogP contribution in [0.3, 0.4) is 0 Å². The molecule has 0 bridgehead atoms. The van der Waals surface area contributed by atoms with E-state index in [-0.39, 0.29) is 0 Å². The van der Waals surface area contributed by atoms with Gasteiger partial charge in [-0.15, -0.1) is 0 Å². The number of hydrogen-bond acceptors (Lipinski definition) is 4.